The highest BCUT2D eigenvalue weighted by molar-refractivity contribution is 5.81. The van der Waals surface area contributed by atoms with Gasteiger partial charge in [-0.2, -0.15) is 0 Å². The second-order valence-electron chi connectivity index (χ2n) is 2.86. The predicted octanol–water partition coefficient (Wildman–Crippen LogP) is 1.14. The normalized spacial score (nSPS) is 24.2. The Bertz CT molecular complexity index is 169. The number of methoxy groups -OCH3 is 1. The van der Waals surface area contributed by atoms with E-state index in [2.05, 4.69) is 4.74 Å². The number of ether oxygens (including phenoxy) is 2. The molecule has 1 unspecified atom stereocenters. The van der Waals surface area contributed by atoms with Gasteiger partial charge in [0.1, 0.15) is 0 Å². The van der Waals surface area contributed by atoms with Crippen LogP contribution >= 0.6 is 0 Å². The maximum atomic E-state index is 10.7. The van der Waals surface area contributed by atoms with Crippen molar-refractivity contribution in [1.82, 2.24) is 0 Å². The summed E-state index contributed by atoms with van der Waals surface area (Å²) in [5.74, 6) is 0.0958. The van der Waals surface area contributed by atoms with E-state index in [9.17, 15) is 4.79 Å². The number of carbonyl (C=O) groups is 1. The van der Waals surface area contributed by atoms with Crippen LogP contribution < -0.4 is 0 Å². The molecule has 1 fully saturated rings. The minimum atomic E-state index is -0.291. The number of carbonyl (C=O) groups excluding carboxylic acids is 1. The summed E-state index contributed by atoms with van der Waals surface area (Å²) in [7, 11) is 1.38. The molecule has 12 heavy (non-hydrogen) atoms. The van der Waals surface area contributed by atoms with Crippen LogP contribution in [0.25, 0.3) is 0 Å². The van der Waals surface area contributed by atoms with Crippen LogP contribution in [-0.4, -0.2) is 26.3 Å². The molecule has 0 aliphatic carbocycles. The van der Waals surface area contributed by atoms with Crippen molar-refractivity contribution < 1.29 is 14.3 Å². The van der Waals surface area contributed by atoms with Gasteiger partial charge >= 0.3 is 5.97 Å². The predicted molar refractivity (Wildman–Crippen MR) is 44.7 cm³/mol. The van der Waals surface area contributed by atoms with E-state index in [0.717, 1.165) is 26.1 Å². The Labute approximate surface area is 72.4 Å². The molecule has 1 rings (SSSR count). The SMILES string of the molecule is COC(=O)/C=C/C1CCCOC1. The number of hydrogen-bond donors (Lipinski definition) is 0. The van der Waals surface area contributed by atoms with Crippen molar-refractivity contribution in [2.45, 2.75) is 12.8 Å². The quantitative estimate of drug-likeness (QED) is 0.460. The molecule has 0 N–H and O–H groups in total. The highest BCUT2D eigenvalue weighted by atomic mass is 16.5. The lowest BCUT2D eigenvalue weighted by Gasteiger charge is -2.18. The first-order chi connectivity index (χ1) is 5.83. The fraction of sp³-hybridized carbons (Fsp3) is 0.667. The summed E-state index contributed by atoms with van der Waals surface area (Å²) < 4.78 is 9.72. The van der Waals surface area contributed by atoms with E-state index in [1.807, 2.05) is 6.08 Å². The molecule has 1 aliphatic heterocycles. The van der Waals surface area contributed by atoms with Gasteiger partial charge in [-0.25, -0.2) is 4.79 Å². The molecule has 0 aromatic heterocycles. The van der Waals surface area contributed by atoms with Crippen molar-refractivity contribution in [2.75, 3.05) is 20.3 Å². The zero-order chi connectivity index (χ0) is 8.81. The summed E-state index contributed by atoms with van der Waals surface area (Å²) in [6.07, 6.45) is 5.52. The Hall–Kier alpha value is -0.830. The van der Waals surface area contributed by atoms with E-state index in [1.165, 1.54) is 13.2 Å². The molecule has 0 amide bonds. The van der Waals surface area contributed by atoms with Crippen LogP contribution in [0.3, 0.4) is 0 Å². The van der Waals surface area contributed by atoms with Gasteiger partial charge in [0.25, 0.3) is 0 Å². The second-order valence-corrected chi connectivity index (χ2v) is 2.86. The summed E-state index contributed by atoms with van der Waals surface area (Å²) in [6.45, 7) is 1.58. The summed E-state index contributed by atoms with van der Waals surface area (Å²) >= 11 is 0. The van der Waals surface area contributed by atoms with Crippen LogP contribution in [0.15, 0.2) is 12.2 Å². The molecule has 0 spiro atoms. The van der Waals surface area contributed by atoms with Crippen molar-refractivity contribution in [3.8, 4) is 0 Å². The van der Waals surface area contributed by atoms with Gasteiger partial charge in [0.15, 0.2) is 0 Å². The third-order valence-corrected chi connectivity index (χ3v) is 1.90. The monoisotopic (exact) mass is 170 g/mol. The van der Waals surface area contributed by atoms with Gasteiger partial charge in [-0.3, -0.25) is 0 Å². The molecule has 1 heterocycles. The second kappa shape index (κ2) is 4.93. The maximum absolute atomic E-state index is 10.7. The third-order valence-electron chi connectivity index (χ3n) is 1.90. The van der Waals surface area contributed by atoms with Crippen molar-refractivity contribution in [1.29, 1.82) is 0 Å². The Kier molecular flexibility index (Phi) is 3.80. The smallest absolute Gasteiger partial charge is 0.330 e. The van der Waals surface area contributed by atoms with E-state index in [4.69, 9.17) is 4.74 Å². The van der Waals surface area contributed by atoms with Crippen LogP contribution in [0, 0.1) is 5.92 Å². The van der Waals surface area contributed by atoms with Crippen molar-refractivity contribution in [2.24, 2.45) is 5.92 Å². The zero-order valence-electron chi connectivity index (χ0n) is 7.29. The van der Waals surface area contributed by atoms with Gasteiger partial charge in [-0.15, -0.1) is 0 Å². The fourth-order valence-corrected chi connectivity index (χ4v) is 1.20. The van der Waals surface area contributed by atoms with Gasteiger partial charge in [0, 0.05) is 18.6 Å². The van der Waals surface area contributed by atoms with Crippen molar-refractivity contribution in [3.05, 3.63) is 12.2 Å². The topological polar surface area (TPSA) is 35.5 Å². The summed E-state index contributed by atoms with van der Waals surface area (Å²) in [5.41, 5.74) is 0. The zero-order valence-corrected chi connectivity index (χ0v) is 7.29. The molecule has 1 saturated heterocycles. The molecule has 68 valence electrons. The van der Waals surface area contributed by atoms with Gasteiger partial charge in [-0.05, 0) is 12.8 Å². The molecule has 0 aromatic carbocycles. The van der Waals surface area contributed by atoms with Gasteiger partial charge in [0.05, 0.1) is 13.7 Å². The Morgan fingerprint density at radius 1 is 1.67 bits per heavy atom. The van der Waals surface area contributed by atoms with Crippen LogP contribution in [-0.2, 0) is 14.3 Å². The molecule has 1 atom stereocenters. The van der Waals surface area contributed by atoms with Crippen molar-refractivity contribution >= 4 is 5.97 Å². The Morgan fingerprint density at radius 3 is 3.08 bits per heavy atom. The third kappa shape index (κ3) is 3.05. The molecule has 0 radical (unpaired) electrons. The van der Waals surface area contributed by atoms with E-state index in [1.54, 1.807) is 0 Å². The molecule has 0 bridgehead atoms. The van der Waals surface area contributed by atoms with E-state index in [0.29, 0.717) is 5.92 Å². The molecule has 0 aromatic rings. The highest BCUT2D eigenvalue weighted by Crippen LogP contribution is 2.14. The molecule has 0 saturated carbocycles. The summed E-state index contributed by atoms with van der Waals surface area (Å²) in [5, 5.41) is 0. The Morgan fingerprint density at radius 2 is 2.50 bits per heavy atom. The van der Waals surface area contributed by atoms with Crippen LogP contribution in [0.5, 0.6) is 0 Å². The van der Waals surface area contributed by atoms with E-state index >= 15 is 0 Å². The number of rotatable bonds is 2. The first kappa shape index (κ1) is 9.26. The Balaban J connectivity index is 2.28. The largest absolute Gasteiger partial charge is 0.466 e. The van der Waals surface area contributed by atoms with Crippen LogP contribution in [0.2, 0.25) is 0 Å². The minimum absolute atomic E-state index is 0.291. The lowest BCUT2D eigenvalue weighted by Crippen LogP contribution is -2.15. The van der Waals surface area contributed by atoms with E-state index < -0.39 is 0 Å². The molecule has 1 aliphatic rings. The average Bonchev–Trinajstić information content (AvgIpc) is 2.16. The van der Waals surface area contributed by atoms with Gasteiger partial charge in [0.2, 0.25) is 0 Å². The van der Waals surface area contributed by atoms with E-state index in [-0.39, 0.29) is 5.97 Å². The highest BCUT2D eigenvalue weighted by Gasteiger charge is 2.10. The van der Waals surface area contributed by atoms with Crippen molar-refractivity contribution in [3.63, 3.8) is 0 Å². The molecular weight excluding hydrogens is 156 g/mol. The summed E-state index contributed by atoms with van der Waals surface area (Å²) in [4.78, 5) is 10.7. The summed E-state index contributed by atoms with van der Waals surface area (Å²) in [6, 6.07) is 0. The average molecular weight is 170 g/mol. The lowest BCUT2D eigenvalue weighted by molar-refractivity contribution is -0.134. The molecular formula is C9H14O3. The van der Waals surface area contributed by atoms with Crippen LogP contribution in [0.1, 0.15) is 12.8 Å². The minimum Gasteiger partial charge on any atom is -0.466 e. The fourth-order valence-electron chi connectivity index (χ4n) is 1.20. The first-order valence-electron chi connectivity index (χ1n) is 4.17. The van der Waals surface area contributed by atoms with Crippen LogP contribution in [0.4, 0.5) is 0 Å². The maximum Gasteiger partial charge on any atom is 0.330 e. The van der Waals surface area contributed by atoms with Gasteiger partial charge in [-0.1, -0.05) is 6.08 Å². The molecule has 3 heteroatoms. The number of esters is 1. The lowest BCUT2D eigenvalue weighted by atomic mass is 10.0. The first-order valence-corrected chi connectivity index (χ1v) is 4.17. The van der Waals surface area contributed by atoms with Gasteiger partial charge < -0.3 is 9.47 Å². The standard InChI is InChI=1S/C9H14O3/c1-11-9(10)5-4-8-3-2-6-12-7-8/h4-5,8H,2-3,6-7H2,1H3/b5-4+. The number of hydrogen-bond acceptors (Lipinski definition) is 3. The molecule has 3 nitrogen and oxygen atoms in total.